The first kappa shape index (κ1) is 53.3. The molecule has 1 aromatic rings. The summed E-state index contributed by atoms with van der Waals surface area (Å²) in [4.78, 5) is 121. The number of likely N-dealkylation sites (tertiary alicyclic amines) is 1. The van der Waals surface area contributed by atoms with Crippen LogP contribution in [0.1, 0.15) is 106 Å². The van der Waals surface area contributed by atoms with Crippen LogP contribution in [0.4, 0.5) is 0 Å². The van der Waals surface area contributed by atoms with Gasteiger partial charge in [0.25, 0.3) is 0 Å². The van der Waals surface area contributed by atoms with Gasteiger partial charge in [-0.1, -0.05) is 71.9 Å². The van der Waals surface area contributed by atoms with Crippen LogP contribution in [0, 0.1) is 17.8 Å². The Hall–Kier alpha value is -5.06. The van der Waals surface area contributed by atoms with Crippen LogP contribution in [0.2, 0.25) is 0 Å². The van der Waals surface area contributed by atoms with E-state index in [9.17, 15) is 43.5 Å². The van der Waals surface area contributed by atoms with Gasteiger partial charge in [0.2, 0.25) is 47.3 Å². The van der Waals surface area contributed by atoms with E-state index >= 15 is 0 Å². The molecule has 17 nitrogen and oxygen atoms in total. The highest BCUT2D eigenvalue weighted by atomic mass is 16.3. The number of likely N-dealkylation sites (N-methyl/N-ethyl adjacent to an activating group) is 4. The molecule has 0 bridgehead atoms. The number of nitrogens with zero attached hydrogens (tertiary/aromatic N) is 5. The van der Waals surface area contributed by atoms with E-state index in [0.717, 1.165) is 24.2 Å². The van der Waals surface area contributed by atoms with Crippen molar-refractivity contribution in [2.24, 2.45) is 17.8 Å². The highest BCUT2D eigenvalue weighted by Crippen LogP contribution is 2.21. The molecule has 0 saturated carbocycles. The minimum atomic E-state index is -1.55. The van der Waals surface area contributed by atoms with Crippen molar-refractivity contribution in [1.29, 1.82) is 0 Å². The molecule has 2 fully saturated rings. The van der Waals surface area contributed by atoms with Crippen LogP contribution in [0.5, 0.6) is 0 Å². The van der Waals surface area contributed by atoms with E-state index in [1.807, 2.05) is 47.6 Å². The third kappa shape index (κ3) is 14.5. The molecule has 2 heterocycles. The normalized spacial score (nSPS) is 26.5. The van der Waals surface area contributed by atoms with Crippen LogP contribution < -0.4 is 16.0 Å². The van der Waals surface area contributed by atoms with Crippen molar-refractivity contribution in [1.82, 2.24) is 40.4 Å². The van der Waals surface area contributed by atoms with Gasteiger partial charge >= 0.3 is 0 Å². The molecule has 0 unspecified atom stereocenters. The van der Waals surface area contributed by atoms with Gasteiger partial charge in [-0.05, 0) is 75.7 Å². The van der Waals surface area contributed by atoms with Crippen LogP contribution in [-0.4, -0.2) is 167 Å². The molecule has 3 rings (SSSR count). The largest absolute Gasteiger partial charge is 0.391 e. The lowest BCUT2D eigenvalue weighted by molar-refractivity contribution is -0.151. The maximum absolute atomic E-state index is 14.7. The number of hydrogen-bond acceptors (Lipinski definition) is 9. The fraction of sp³-hybridized carbons (Fsp3) is 0.702. The van der Waals surface area contributed by atoms with Crippen molar-refractivity contribution in [3.05, 3.63) is 35.9 Å². The Kier molecular flexibility index (Phi) is 20.2. The quantitative estimate of drug-likeness (QED) is 0.270. The number of carbonyl (C=O) groups excluding carboxylic acids is 8. The fourth-order valence-electron chi connectivity index (χ4n) is 8.29. The molecular weight excluding hydrogens is 821 g/mol. The monoisotopic (exact) mass is 897 g/mol. The highest BCUT2D eigenvalue weighted by Gasteiger charge is 2.42. The number of rotatable bonds is 10. The average molecular weight is 897 g/mol. The maximum Gasteiger partial charge on any atom is 0.248 e. The van der Waals surface area contributed by atoms with Gasteiger partial charge in [0.1, 0.15) is 42.3 Å². The zero-order chi connectivity index (χ0) is 48.2. The van der Waals surface area contributed by atoms with Crippen molar-refractivity contribution in [2.45, 2.75) is 155 Å². The van der Waals surface area contributed by atoms with Crippen molar-refractivity contribution in [2.75, 3.05) is 41.3 Å². The second kappa shape index (κ2) is 24.3. The standard InChI is InChI=1S/C47H76N8O9/c1-28(2)23-34-44(61)53(11)37(26-33-19-15-13-16-20-33)43(60)50-40(32(8)56)47(64)54(12)38(25-30(5)6)46(63)51(9)31(7)41(58)48-35(45(62)55-21-17-14-18-22-55)27-39(57)52(10)36(24-29(3)4)42(59)49-34/h13,15-16,19-20,28-32,34-38,40,56H,14,17-18,21-27H2,1-12H3,(H,48,58)(H,49,59)(H,50,60)/t31-,32+,34-,35-,36-,37-,38-,40-/m0/s1. The number of benzene rings is 1. The summed E-state index contributed by atoms with van der Waals surface area (Å²) in [5.41, 5.74) is 0.697. The molecule has 8 amide bonds. The Morgan fingerprint density at radius 1 is 0.625 bits per heavy atom. The Labute approximate surface area is 380 Å². The summed E-state index contributed by atoms with van der Waals surface area (Å²) >= 11 is 0. The van der Waals surface area contributed by atoms with E-state index in [1.54, 1.807) is 29.2 Å². The molecule has 0 aromatic heterocycles. The van der Waals surface area contributed by atoms with Crippen molar-refractivity contribution in [3.8, 4) is 0 Å². The SMILES string of the molecule is CC(C)C[C@@H]1NC(=O)[C@H](CC(C)C)N(C)C(=O)C[C@@H](C(=O)N2CCCCC2)NC(=O)[C@H](C)N(C)C(=O)[C@H](CC(C)C)N(C)C(=O)[C@H]([C@@H](C)O)NC(=O)[C@H](Cc2ccccc2)N(C)C1=O. The van der Waals surface area contributed by atoms with Gasteiger partial charge in [-0.15, -0.1) is 0 Å². The summed E-state index contributed by atoms with van der Waals surface area (Å²) in [6.45, 7) is 15.0. The van der Waals surface area contributed by atoms with Crippen LogP contribution in [0.3, 0.4) is 0 Å². The Balaban J connectivity index is 2.25. The van der Waals surface area contributed by atoms with Crippen LogP contribution in [0.25, 0.3) is 0 Å². The van der Waals surface area contributed by atoms with E-state index in [1.165, 1.54) is 56.7 Å². The lowest BCUT2D eigenvalue weighted by atomic mass is 9.97. The highest BCUT2D eigenvalue weighted by molar-refractivity contribution is 5.99. The van der Waals surface area contributed by atoms with E-state index in [-0.39, 0.29) is 43.4 Å². The summed E-state index contributed by atoms with van der Waals surface area (Å²) in [5, 5.41) is 19.4. The number of carbonyl (C=O) groups is 8. The van der Waals surface area contributed by atoms with Gasteiger partial charge in [0.15, 0.2) is 0 Å². The number of hydrogen-bond donors (Lipinski definition) is 4. The average Bonchev–Trinajstić information content (AvgIpc) is 3.25. The molecule has 358 valence electrons. The van der Waals surface area contributed by atoms with Gasteiger partial charge in [-0.3, -0.25) is 38.4 Å². The van der Waals surface area contributed by atoms with E-state index in [2.05, 4.69) is 16.0 Å². The minimum absolute atomic E-state index is 0.0115. The molecule has 17 heteroatoms. The van der Waals surface area contributed by atoms with Gasteiger partial charge in [0, 0.05) is 47.7 Å². The number of nitrogens with one attached hydrogen (secondary N) is 3. The zero-order valence-electron chi connectivity index (χ0n) is 40.3. The van der Waals surface area contributed by atoms with E-state index in [0.29, 0.717) is 18.7 Å². The van der Waals surface area contributed by atoms with Gasteiger partial charge in [0.05, 0.1) is 12.5 Å². The third-order valence-corrected chi connectivity index (χ3v) is 12.4. The van der Waals surface area contributed by atoms with Gasteiger partial charge < -0.3 is 45.6 Å². The van der Waals surface area contributed by atoms with Crippen LogP contribution in [0.15, 0.2) is 30.3 Å². The van der Waals surface area contributed by atoms with E-state index < -0.39 is 102 Å². The first-order valence-electron chi connectivity index (χ1n) is 22.9. The predicted molar refractivity (Wildman–Crippen MR) is 243 cm³/mol. The lowest BCUT2D eigenvalue weighted by Gasteiger charge is -2.38. The number of piperidine rings is 1. The lowest BCUT2D eigenvalue weighted by Crippen LogP contribution is -2.63. The number of aliphatic hydroxyl groups is 1. The van der Waals surface area contributed by atoms with Gasteiger partial charge in [-0.25, -0.2) is 0 Å². The molecule has 0 radical (unpaired) electrons. The summed E-state index contributed by atoms with van der Waals surface area (Å²) in [6.07, 6.45) is 1.07. The first-order chi connectivity index (χ1) is 30.0. The molecule has 1 aromatic carbocycles. The molecule has 4 N–H and O–H groups in total. The van der Waals surface area contributed by atoms with Crippen molar-refractivity contribution >= 4 is 47.3 Å². The predicted octanol–water partition coefficient (Wildman–Crippen LogP) is 1.95. The van der Waals surface area contributed by atoms with E-state index in [4.69, 9.17) is 0 Å². The molecule has 2 aliphatic heterocycles. The first-order valence-corrected chi connectivity index (χ1v) is 22.9. The molecule has 64 heavy (non-hydrogen) atoms. The second-order valence-corrected chi connectivity index (χ2v) is 19.1. The Morgan fingerprint density at radius 3 is 1.70 bits per heavy atom. The fourth-order valence-corrected chi connectivity index (χ4v) is 8.29. The molecular formula is C47H76N8O9. The Morgan fingerprint density at radius 2 is 1.16 bits per heavy atom. The number of aliphatic hydroxyl groups excluding tert-OH is 1. The van der Waals surface area contributed by atoms with Crippen LogP contribution >= 0.6 is 0 Å². The summed E-state index contributed by atoms with van der Waals surface area (Å²) in [5.74, 6) is -5.43. The molecule has 0 spiro atoms. The van der Waals surface area contributed by atoms with Crippen LogP contribution in [-0.2, 0) is 44.8 Å². The van der Waals surface area contributed by atoms with Crippen molar-refractivity contribution < 1.29 is 43.5 Å². The van der Waals surface area contributed by atoms with Gasteiger partial charge in [-0.2, -0.15) is 0 Å². The molecule has 2 aliphatic rings. The second-order valence-electron chi connectivity index (χ2n) is 19.1. The topological polar surface area (TPSA) is 209 Å². The number of amides is 8. The molecule has 2 saturated heterocycles. The molecule has 0 aliphatic carbocycles. The smallest absolute Gasteiger partial charge is 0.248 e. The Bertz CT molecular complexity index is 1780. The summed E-state index contributed by atoms with van der Waals surface area (Å²) in [7, 11) is 5.71. The summed E-state index contributed by atoms with van der Waals surface area (Å²) < 4.78 is 0. The molecule has 8 atom stereocenters. The minimum Gasteiger partial charge on any atom is -0.391 e. The maximum atomic E-state index is 14.7. The zero-order valence-corrected chi connectivity index (χ0v) is 40.3. The van der Waals surface area contributed by atoms with Crippen molar-refractivity contribution in [3.63, 3.8) is 0 Å². The summed E-state index contributed by atoms with van der Waals surface area (Å²) in [6, 6.07) is 0.299. The third-order valence-electron chi connectivity index (χ3n) is 12.4.